The van der Waals surface area contributed by atoms with Crippen LogP contribution in [0.25, 0.3) is 0 Å². The molecule has 0 saturated heterocycles. The fourth-order valence-electron chi connectivity index (χ4n) is 5.53. The number of rotatable bonds is 17. The van der Waals surface area contributed by atoms with E-state index in [9.17, 15) is 24.6 Å². The van der Waals surface area contributed by atoms with Crippen LogP contribution in [-0.2, 0) is 14.3 Å². The summed E-state index contributed by atoms with van der Waals surface area (Å²) in [7, 11) is 3.69. The van der Waals surface area contributed by atoms with Crippen molar-refractivity contribution in [3.05, 3.63) is 23.8 Å². The van der Waals surface area contributed by atoms with Gasteiger partial charge in [-0.15, -0.1) is 0 Å². The molecule has 2 aliphatic rings. The van der Waals surface area contributed by atoms with Crippen molar-refractivity contribution in [1.82, 2.24) is 18.6 Å². The maximum absolute atomic E-state index is 13.3. The number of ether oxygens (including phenoxy) is 1. The number of likely N-dealkylation sites (N-methyl/N-ethyl adjacent to an activating group) is 2. The van der Waals surface area contributed by atoms with Crippen molar-refractivity contribution in [3.63, 3.8) is 0 Å². The van der Waals surface area contributed by atoms with Crippen LogP contribution in [-0.4, -0.2) is 99.1 Å². The molecule has 4 N–H and O–H groups in total. The average molecular weight is 720 g/mol. The molecule has 0 aromatic heterocycles. The zero-order valence-corrected chi connectivity index (χ0v) is 29.2. The monoisotopic (exact) mass is 719 g/mol. The Hall–Kier alpha value is -1.70. The summed E-state index contributed by atoms with van der Waals surface area (Å²) in [5, 5.41) is 27.6. The summed E-state index contributed by atoms with van der Waals surface area (Å²) in [4.78, 5) is 43.1. The SMILES string of the molecule is C[I-]N(C)CCN(C)C(=O)O[C@@H](CC1=CC=CCC1)C(=O)NC[C@@H](C)C(=O)N[C@@H](C1CCCCC1)[C@@H](O)[C@@H](O)CC(C)C. The van der Waals surface area contributed by atoms with Gasteiger partial charge in [-0.2, -0.15) is 0 Å². The van der Waals surface area contributed by atoms with Crippen molar-refractivity contribution in [3.8, 4) is 0 Å². The Labute approximate surface area is 269 Å². The number of nitrogens with one attached hydrogen (secondary N) is 2. The van der Waals surface area contributed by atoms with E-state index in [0.717, 1.165) is 57.1 Å². The molecule has 0 radical (unpaired) electrons. The van der Waals surface area contributed by atoms with Crippen molar-refractivity contribution < 1.29 is 50.8 Å². The summed E-state index contributed by atoms with van der Waals surface area (Å²) >= 11 is -0.0688. The van der Waals surface area contributed by atoms with Crippen molar-refractivity contribution in [2.24, 2.45) is 17.8 Å². The first-order valence-electron chi connectivity index (χ1n) is 15.8. The van der Waals surface area contributed by atoms with E-state index in [4.69, 9.17) is 4.74 Å². The van der Waals surface area contributed by atoms with Gasteiger partial charge in [0.05, 0.1) is 12.1 Å². The van der Waals surface area contributed by atoms with Gasteiger partial charge in [-0.25, -0.2) is 0 Å². The quantitative estimate of drug-likeness (QED) is 0.0964. The number of allylic oxidation sites excluding steroid dienone is 3. The van der Waals surface area contributed by atoms with Crippen LogP contribution >= 0.6 is 0 Å². The summed E-state index contributed by atoms with van der Waals surface area (Å²) < 4.78 is 7.90. The normalized spacial score (nSPS) is 19.3. The van der Waals surface area contributed by atoms with Crippen LogP contribution < -0.4 is 32.1 Å². The zero-order valence-electron chi connectivity index (χ0n) is 27.1. The Morgan fingerprint density at radius 1 is 1.07 bits per heavy atom. The van der Waals surface area contributed by atoms with Gasteiger partial charge in [-0.05, 0) is 31.1 Å². The molecular weight excluding hydrogens is 663 g/mol. The third-order valence-corrected chi connectivity index (χ3v) is 10.5. The Morgan fingerprint density at radius 2 is 1.77 bits per heavy atom. The van der Waals surface area contributed by atoms with Gasteiger partial charge in [0.1, 0.15) is 6.10 Å². The number of alkyl halides is 1. The van der Waals surface area contributed by atoms with E-state index < -0.39 is 42.3 Å². The van der Waals surface area contributed by atoms with Crippen LogP contribution in [0.15, 0.2) is 23.8 Å². The second-order valence-corrected chi connectivity index (χ2v) is 15.2. The van der Waals surface area contributed by atoms with E-state index in [0.29, 0.717) is 19.4 Å². The molecule has 0 aromatic rings. The first-order valence-corrected chi connectivity index (χ1v) is 19.0. The average Bonchev–Trinajstić information content (AvgIpc) is 3.00. The second-order valence-electron chi connectivity index (χ2n) is 12.6. The molecule has 1 saturated carbocycles. The van der Waals surface area contributed by atoms with Gasteiger partial charge < -0.3 is 15.5 Å². The van der Waals surface area contributed by atoms with Gasteiger partial charge in [-0.3, -0.25) is 4.79 Å². The molecule has 2 rings (SSSR count). The number of hydrogen-bond donors (Lipinski definition) is 4. The van der Waals surface area contributed by atoms with Gasteiger partial charge in [0.15, 0.2) is 0 Å². The molecule has 5 atom stereocenters. The molecule has 0 aliphatic heterocycles. The molecule has 10 nitrogen and oxygen atoms in total. The number of nitrogens with zero attached hydrogens (tertiary/aromatic N) is 2. The molecule has 0 aromatic carbocycles. The van der Waals surface area contributed by atoms with E-state index in [-0.39, 0.29) is 45.8 Å². The van der Waals surface area contributed by atoms with Crippen molar-refractivity contribution >= 4 is 17.9 Å². The van der Waals surface area contributed by atoms with E-state index in [1.165, 1.54) is 4.90 Å². The number of hydrogen-bond acceptors (Lipinski definition) is 7. The maximum atomic E-state index is 13.3. The summed E-state index contributed by atoms with van der Waals surface area (Å²) in [5.74, 6) is -1.02. The van der Waals surface area contributed by atoms with Gasteiger partial charge in [0, 0.05) is 0 Å². The van der Waals surface area contributed by atoms with E-state index in [2.05, 4.69) is 24.8 Å². The molecule has 2 aliphatic carbocycles. The second kappa shape index (κ2) is 19.6. The first kappa shape index (κ1) is 37.5. The zero-order chi connectivity index (χ0) is 31.9. The number of aliphatic hydroxyl groups is 2. The predicted octanol–water partition coefficient (Wildman–Crippen LogP) is 0.241. The summed E-state index contributed by atoms with van der Waals surface area (Å²) in [6.07, 6.45) is 9.82. The van der Waals surface area contributed by atoms with Crippen LogP contribution in [0.4, 0.5) is 4.79 Å². The molecule has 0 bridgehead atoms. The molecule has 1 fully saturated rings. The standard InChI is InChI=1S/C32H56IN4O6/c1-22(2)19-26(38)29(39)28(25-15-11-8-12-16-25)35-30(40)23(3)21-34-31(41)27(20-24-13-9-7-10-14-24)43-32(42)36(5)17-18-37(6)33-4/h7,9,13,22-23,25-29,38-39H,8,10-12,14-21H2,1-6H3,(H,34,41)(H,35,40)/q-1/t23-,26+,27+,28+,29+/m1/s1. The van der Waals surface area contributed by atoms with Gasteiger partial charge in [0.25, 0.3) is 0 Å². The van der Waals surface area contributed by atoms with E-state index in [1.807, 2.05) is 33.0 Å². The number of carbonyl (C=O) groups excluding carboxylic acids is 3. The summed E-state index contributed by atoms with van der Waals surface area (Å²) in [5.41, 5.74) is 1.03. The minimum absolute atomic E-state index is 0.0560. The Morgan fingerprint density at radius 3 is 2.37 bits per heavy atom. The summed E-state index contributed by atoms with van der Waals surface area (Å²) in [6, 6.07) is -0.552. The van der Waals surface area contributed by atoms with Crippen molar-refractivity contribution in [1.29, 1.82) is 0 Å². The predicted molar refractivity (Wildman–Crippen MR) is 165 cm³/mol. The third kappa shape index (κ3) is 13.4. The topological polar surface area (TPSA) is 131 Å². The molecule has 0 heterocycles. The first-order chi connectivity index (χ1) is 20.4. The Balaban J connectivity index is 2.03. The number of amides is 3. The minimum Gasteiger partial charge on any atom is -0.390 e. The Kier molecular flexibility index (Phi) is 17.1. The van der Waals surface area contributed by atoms with Crippen LogP contribution in [0.2, 0.25) is 0 Å². The van der Waals surface area contributed by atoms with Gasteiger partial charge in [0.2, 0.25) is 0 Å². The molecule has 43 heavy (non-hydrogen) atoms. The van der Waals surface area contributed by atoms with Crippen LogP contribution in [0.5, 0.6) is 0 Å². The number of halogens is 1. The van der Waals surface area contributed by atoms with Crippen molar-refractivity contribution in [2.75, 3.05) is 38.7 Å². The smallest absolute Gasteiger partial charge is 0.390 e. The number of aliphatic hydroxyl groups excluding tert-OH is 2. The van der Waals surface area contributed by atoms with E-state index >= 15 is 0 Å². The third-order valence-electron chi connectivity index (χ3n) is 8.40. The van der Waals surface area contributed by atoms with E-state index in [1.54, 1.807) is 14.0 Å². The number of carbonyl (C=O) groups is 3. The molecule has 11 heteroatoms. The fourth-order valence-corrected chi connectivity index (χ4v) is 6.23. The molecule has 248 valence electrons. The van der Waals surface area contributed by atoms with Crippen molar-refractivity contribution in [2.45, 2.75) is 103 Å². The fraction of sp³-hybridized carbons (Fsp3) is 0.781. The minimum atomic E-state index is -1.06. The molecule has 0 unspecified atom stereocenters. The van der Waals surface area contributed by atoms with Gasteiger partial charge >= 0.3 is 168 Å². The van der Waals surface area contributed by atoms with Crippen LogP contribution in [0.1, 0.15) is 78.6 Å². The molecule has 0 spiro atoms. The summed E-state index contributed by atoms with van der Waals surface area (Å²) in [6.45, 7) is 7.00. The van der Waals surface area contributed by atoms with Crippen LogP contribution in [0.3, 0.4) is 0 Å². The molecule has 3 amide bonds. The molecular formula is C32H56IN4O6-. The van der Waals surface area contributed by atoms with Crippen LogP contribution in [0, 0.1) is 17.8 Å². The van der Waals surface area contributed by atoms with Gasteiger partial charge in [-0.1, -0.05) is 33.1 Å². The Bertz CT molecular complexity index is 939.